The summed E-state index contributed by atoms with van der Waals surface area (Å²) in [5.74, 6) is -0.300. The largest absolute Gasteiger partial charge is 0.373 e. The highest BCUT2D eigenvalue weighted by Crippen LogP contribution is 2.20. The number of nitrogens with zero attached hydrogens (tertiary/aromatic N) is 4. The van der Waals surface area contributed by atoms with Crippen LogP contribution in [0.3, 0.4) is 0 Å². The Morgan fingerprint density at radius 2 is 2.00 bits per heavy atom. The Morgan fingerprint density at radius 1 is 1.16 bits per heavy atom. The van der Waals surface area contributed by atoms with Crippen molar-refractivity contribution < 1.29 is 9.18 Å². The summed E-state index contributed by atoms with van der Waals surface area (Å²) >= 11 is 0. The Hall–Kier alpha value is -4.14. The maximum Gasteiger partial charge on any atom is 0.266 e. The molecule has 2 aromatic carbocycles. The van der Waals surface area contributed by atoms with Gasteiger partial charge in [-0.15, -0.1) is 0 Å². The van der Waals surface area contributed by atoms with Gasteiger partial charge in [-0.05, 0) is 23.8 Å². The minimum atomic E-state index is -0.557. The fourth-order valence-electron chi connectivity index (χ4n) is 3.22. The number of anilines is 1. The molecule has 2 aromatic heterocycles. The molecule has 0 saturated heterocycles. The maximum atomic E-state index is 13.9. The molecule has 0 fully saturated rings. The van der Waals surface area contributed by atoms with Crippen molar-refractivity contribution in [1.82, 2.24) is 24.8 Å². The van der Waals surface area contributed by atoms with Crippen molar-refractivity contribution in [2.75, 3.05) is 12.4 Å². The number of benzene rings is 2. The Morgan fingerprint density at radius 3 is 2.81 bits per heavy atom. The molecule has 9 heteroatoms. The molecule has 0 spiro atoms. The van der Waals surface area contributed by atoms with E-state index in [1.54, 1.807) is 25.2 Å². The van der Waals surface area contributed by atoms with E-state index in [0.29, 0.717) is 11.4 Å². The van der Waals surface area contributed by atoms with Crippen molar-refractivity contribution in [2.24, 2.45) is 0 Å². The number of rotatable bonds is 6. The number of hydrogen-bond donors (Lipinski definition) is 2. The quantitative estimate of drug-likeness (QED) is 0.498. The van der Waals surface area contributed by atoms with Gasteiger partial charge < -0.3 is 10.6 Å². The van der Waals surface area contributed by atoms with E-state index in [9.17, 15) is 14.0 Å². The summed E-state index contributed by atoms with van der Waals surface area (Å²) in [6.07, 6.45) is 3.97. The molecule has 0 aliphatic carbocycles. The highest BCUT2D eigenvalue weighted by molar-refractivity contribution is 5.93. The molecule has 156 valence electrons. The zero-order valence-corrected chi connectivity index (χ0v) is 16.7. The van der Waals surface area contributed by atoms with Crippen LogP contribution in [0.15, 0.2) is 66.1 Å². The Kier molecular flexibility index (Phi) is 5.65. The van der Waals surface area contributed by atoms with Crippen LogP contribution in [0.5, 0.6) is 0 Å². The molecular weight excluding hydrogens is 399 g/mol. The molecule has 0 saturated carbocycles. The lowest BCUT2D eigenvalue weighted by Gasteiger charge is -2.10. The first-order chi connectivity index (χ1) is 15.1. The van der Waals surface area contributed by atoms with Crippen LogP contribution in [0, 0.1) is 5.82 Å². The van der Waals surface area contributed by atoms with E-state index in [2.05, 4.69) is 25.6 Å². The summed E-state index contributed by atoms with van der Waals surface area (Å²) in [4.78, 5) is 37.7. The van der Waals surface area contributed by atoms with E-state index in [-0.39, 0.29) is 18.7 Å². The van der Waals surface area contributed by atoms with Crippen molar-refractivity contribution in [1.29, 1.82) is 0 Å². The monoisotopic (exact) mass is 418 g/mol. The summed E-state index contributed by atoms with van der Waals surface area (Å²) in [5, 5.41) is 6.57. The Labute approximate surface area is 176 Å². The van der Waals surface area contributed by atoms with Gasteiger partial charge in [-0.3, -0.25) is 14.2 Å². The van der Waals surface area contributed by atoms with Crippen LogP contribution in [0.25, 0.3) is 10.9 Å². The third-order valence-electron chi connectivity index (χ3n) is 4.83. The molecule has 0 aliphatic rings. The topological polar surface area (TPSA) is 102 Å². The second-order valence-electron chi connectivity index (χ2n) is 6.84. The number of fused-ring (bicyclic) bond motifs is 1. The summed E-state index contributed by atoms with van der Waals surface area (Å²) in [5.41, 5.74) is 1.28. The van der Waals surface area contributed by atoms with Crippen LogP contribution in [0.2, 0.25) is 0 Å². The summed E-state index contributed by atoms with van der Waals surface area (Å²) in [6, 6.07) is 11.7. The maximum absolute atomic E-state index is 13.9. The van der Waals surface area contributed by atoms with Gasteiger partial charge in [-0.25, -0.2) is 19.3 Å². The Balaban J connectivity index is 1.52. The molecule has 31 heavy (non-hydrogen) atoms. The van der Waals surface area contributed by atoms with Crippen molar-refractivity contribution >= 4 is 22.6 Å². The van der Waals surface area contributed by atoms with Crippen LogP contribution in [0.4, 0.5) is 10.2 Å². The predicted molar refractivity (Wildman–Crippen MR) is 114 cm³/mol. The standard InChI is InChI=1S/C22H19FN6O2/c1-24-20-16-8-14(6-7-19(16)27-12-28-20)9-26-21(30)17-10-25-13-29(22(17)31)11-15-4-2-3-5-18(15)23/h2-8,10,12-13H,9,11H2,1H3,(H,26,30)(H,24,27,28). The molecule has 2 N–H and O–H groups in total. The second kappa shape index (κ2) is 8.70. The second-order valence-corrected chi connectivity index (χ2v) is 6.84. The number of carbonyl (C=O) groups is 1. The van der Waals surface area contributed by atoms with Crippen LogP contribution in [-0.2, 0) is 13.1 Å². The first-order valence-corrected chi connectivity index (χ1v) is 9.54. The van der Waals surface area contributed by atoms with Gasteiger partial charge >= 0.3 is 0 Å². The molecule has 0 radical (unpaired) electrons. The van der Waals surface area contributed by atoms with Gasteiger partial charge in [0.05, 0.1) is 18.4 Å². The number of halogens is 1. The highest BCUT2D eigenvalue weighted by Gasteiger charge is 2.14. The van der Waals surface area contributed by atoms with Crippen molar-refractivity contribution in [3.05, 3.63) is 94.2 Å². The van der Waals surface area contributed by atoms with Crippen molar-refractivity contribution in [3.8, 4) is 0 Å². The van der Waals surface area contributed by atoms with E-state index in [1.807, 2.05) is 18.2 Å². The van der Waals surface area contributed by atoms with Gasteiger partial charge in [0.15, 0.2) is 0 Å². The van der Waals surface area contributed by atoms with Gasteiger partial charge in [-0.2, -0.15) is 0 Å². The van der Waals surface area contributed by atoms with E-state index >= 15 is 0 Å². The molecule has 0 atom stereocenters. The molecular formula is C22H19FN6O2. The number of amides is 1. The smallest absolute Gasteiger partial charge is 0.266 e. The fourth-order valence-corrected chi connectivity index (χ4v) is 3.22. The SMILES string of the molecule is CNc1ncnc2ccc(CNC(=O)c3cncn(Cc4ccccc4F)c3=O)cc12. The lowest BCUT2D eigenvalue weighted by atomic mass is 10.1. The van der Waals surface area contributed by atoms with E-state index in [4.69, 9.17) is 0 Å². The summed E-state index contributed by atoms with van der Waals surface area (Å²) < 4.78 is 15.1. The van der Waals surface area contributed by atoms with E-state index in [0.717, 1.165) is 16.5 Å². The number of aromatic nitrogens is 4. The third kappa shape index (κ3) is 4.25. The molecule has 0 unspecified atom stereocenters. The van der Waals surface area contributed by atoms with Crippen molar-refractivity contribution in [2.45, 2.75) is 13.1 Å². The number of carbonyl (C=O) groups excluding carboxylic acids is 1. The lowest BCUT2D eigenvalue weighted by molar-refractivity contribution is 0.0948. The minimum Gasteiger partial charge on any atom is -0.373 e. The third-order valence-corrected chi connectivity index (χ3v) is 4.83. The van der Waals surface area contributed by atoms with Crippen LogP contribution in [-0.4, -0.2) is 32.5 Å². The van der Waals surface area contributed by atoms with Crippen molar-refractivity contribution in [3.63, 3.8) is 0 Å². The van der Waals surface area contributed by atoms with Gasteiger partial charge in [0.2, 0.25) is 0 Å². The zero-order valence-electron chi connectivity index (χ0n) is 16.7. The Bertz CT molecular complexity index is 1320. The number of nitrogens with one attached hydrogen (secondary N) is 2. The normalized spacial score (nSPS) is 10.8. The van der Waals surface area contributed by atoms with Crippen LogP contribution >= 0.6 is 0 Å². The van der Waals surface area contributed by atoms with Crippen LogP contribution in [0.1, 0.15) is 21.5 Å². The summed E-state index contributed by atoms with van der Waals surface area (Å²) in [7, 11) is 1.77. The average Bonchev–Trinajstić information content (AvgIpc) is 2.79. The first-order valence-electron chi connectivity index (χ1n) is 9.54. The molecule has 0 aliphatic heterocycles. The molecule has 0 bridgehead atoms. The van der Waals surface area contributed by atoms with Gasteiger partial charge in [0.25, 0.3) is 11.5 Å². The average molecular weight is 418 g/mol. The molecule has 1 amide bonds. The summed E-state index contributed by atoms with van der Waals surface area (Å²) in [6.45, 7) is 0.186. The molecule has 2 heterocycles. The molecule has 4 rings (SSSR count). The van der Waals surface area contributed by atoms with E-state index in [1.165, 1.54) is 29.5 Å². The van der Waals surface area contributed by atoms with E-state index < -0.39 is 17.3 Å². The lowest BCUT2D eigenvalue weighted by Crippen LogP contribution is -2.33. The zero-order chi connectivity index (χ0) is 21.8. The van der Waals surface area contributed by atoms with Crippen LogP contribution < -0.4 is 16.2 Å². The minimum absolute atomic E-state index is 0.0168. The first kappa shape index (κ1) is 20.1. The fraction of sp³-hybridized carbons (Fsp3) is 0.136. The van der Waals surface area contributed by atoms with Gasteiger partial charge in [-0.1, -0.05) is 24.3 Å². The molecule has 8 nitrogen and oxygen atoms in total. The predicted octanol–water partition coefficient (Wildman–Crippen LogP) is 2.35. The molecule has 4 aromatic rings. The number of hydrogen-bond acceptors (Lipinski definition) is 6. The highest BCUT2D eigenvalue weighted by atomic mass is 19.1. The van der Waals surface area contributed by atoms with Gasteiger partial charge in [0.1, 0.15) is 23.5 Å². The van der Waals surface area contributed by atoms with Gasteiger partial charge in [0, 0.05) is 30.7 Å².